The van der Waals surface area contributed by atoms with Gasteiger partial charge in [0.05, 0.1) is 6.10 Å². The zero-order chi connectivity index (χ0) is 9.97. The standard InChI is InChI=1S/C13H22O/c1-9-3-7-13-8-5-11(14)12(13,2)6-4-10(9)13/h9-11,14H,3-8H2,1-2H3/t9-,10+,11-,12+,13+/m1/s1. The van der Waals surface area contributed by atoms with Gasteiger partial charge in [-0.3, -0.25) is 0 Å². The summed E-state index contributed by atoms with van der Waals surface area (Å²) in [6.45, 7) is 4.79. The molecule has 0 aromatic rings. The minimum absolute atomic E-state index is 0.00204. The van der Waals surface area contributed by atoms with Gasteiger partial charge in [-0.05, 0) is 61.2 Å². The smallest absolute Gasteiger partial charge is 0.0599 e. The predicted octanol–water partition coefficient (Wildman–Crippen LogP) is 2.97. The van der Waals surface area contributed by atoms with Crippen LogP contribution < -0.4 is 0 Å². The molecule has 0 saturated heterocycles. The van der Waals surface area contributed by atoms with Crippen LogP contribution in [0.15, 0.2) is 0 Å². The van der Waals surface area contributed by atoms with E-state index in [4.69, 9.17) is 0 Å². The second-order valence-corrected chi connectivity index (χ2v) is 6.29. The van der Waals surface area contributed by atoms with Crippen LogP contribution in [0, 0.1) is 22.7 Å². The largest absolute Gasteiger partial charge is 0.393 e. The van der Waals surface area contributed by atoms with Crippen LogP contribution in [0.2, 0.25) is 0 Å². The summed E-state index contributed by atoms with van der Waals surface area (Å²) in [5.41, 5.74) is 0.828. The van der Waals surface area contributed by atoms with Gasteiger partial charge in [-0.25, -0.2) is 0 Å². The minimum atomic E-state index is -0.00204. The van der Waals surface area contributed by atoms with Gasteiger partial charge in [0, 0.05) is 0 Å². The molecule has 5 atom stereocenters. The Morgan fingerprint density at radius 2 is 1.79 bits per heavy atom. The Hall–Kier alpha value is -0.0400. The van der Waals surface area contributed by atoms with E-state index < -0.39 is 0 Å². The lowest BCUT2D eigenvalue weighted by atomic mass is 9.65. The Morgan fingerprint density at radius 1 is 1.07 bits per heavy atom. The highest BCUT2D eigenvalue weighted by molar-refractivity contribution is 5.15. The van der Waals surface area contributed by atoms with Crippen LogP contribution in [0.1, 0.15) is 52.4 Å². The molecule has 1 spiro atoms. The molecule has 1 heteroatoms. The van der Waals surface area contributed by atoms with Crippen LogP contribution in [-0.2, 0) is 0 Å². The molecule has 1 N–H and O–H groups in total. The normalized spacial score (nSPS) is 61.5. The first-order valence-electron chi connectivity index (χ1n) is 6.28. The first-order chi connectivity index (χ1) is 6.60. The molecular formula is C13H22O. The van der Waals surface area contributed by atoms with Crippen molar-refractivity contribution in [1.82, 2.24) is 0 Å². The lowest BCUT2D eigenvalue weighted by Gasteiger charge is -2.40. The molecule has 14 heavy (non-hydrogen) atoms. The Labute approximate surface area is 86.9 Å². The highest BCUT2D eigenvalue weighted by Gasteiger charge is 2.66. The number of hydrogen-bond acceptors (Lipinski definition) is 1. The fraction of sp³-hybridized carbons (Fsp3) is 1.00. The molecule has 0 radical (unpaired) electrons. The van der Waals surface area contributed by atoms with Gasteiger partial charge in [0.1, 0.15) is 0 Å². The maximum absolute atomic E-state index is 10.2. The minimum Gasteiger partial charge on any atom is -0.393 e. The third-order valence-electron chi connectivity index (χ3n) is 6.15. The summed E-state index contributed by atoms with van der Waals surface area (Å²) in [4.78, 5) is 0. The Balaban J connectivity index is 2.04. The molecule has 3 fully saturated rings. The van der Waals surface area contributed by atoms with Crippen LogP contribution in [0.25, 0.3) is 0 Å². The van der Waals surface area contributed by atoms with E-state index in [-0.39, 0.29) is 11.5 Å². The van der Waals surface area contributed by atoms with Crippen LogP contribution in [0.3, 0.4) is 0 Å². The van der Waals surface area contributed by atoms with Crippen molar-refractivity contribution in [2.45, 2.75) is 58.5 Å². The van der Waals surface area contributed by atoms with E-state index in [1.807, 2.05) is 0 Å². The summed E-state index contributed by atoms with van der Waals surface area (Å²) in [5.74, 6) is 1.85. The molecule has 1 nitrogen and oxygen atoms in total. The maximum Gasteiger partial charge on any atom is 0.0599 e. The van der Waals surface area contributed by atoms with E-state index in [1.54, 1.807) is 0 Å². The van der Waals surface area contributed by atoms with Crippen molar-refractivity contribution in [2.75, 3.05) is 0 Å². The second kappa shape index (κ2) is 2.55. The Morgan fingerprint density at radius 3 is 2.57 bits per heavy atom. The van der Waals surface area contributed by atoms with Gasteiger partial charge < -0.3 is 5.11 Å². The van der Waals surface area contributed by atoms with Crippen molar-refractivity contribution in [3.05, 3.63) is 0 Å². The van der Waals surface area contributed by atoms with Gasteiger partial charge in [-0.1, -0.05) is 13.8 Å². The molecule has 0 aromatic heterocycles. The molecule has 0 heterocycles. The van der Waals surface area contributed by atoms with Crippen molar-refractivity contribution < 1.29 is 5.11 Å². The van der Waals surface area contributed by atoms with Crippen molar-refractivity contribution in [3.63, 3.8) is 0 Å². The second-order valence-electron chi connectivity index (χ2n) is 6.29. The van der Waals surface area contributed by atoms with Gasteiger partial charge in [0.25, 0.3) is 0 Å². The highest BCUT2D eigenvalue weighted by atomic mass is 16.3. The molecular weight excluding hydrogens is 172 g/mol. The predicted molar refractivity (Wildman–Crippen MR) is 56.9 cm³/mol. The first-order valence-corrected chi connectivity index (χ1v) is 6.28. The zero-order valence-corrected chi connectivity index (χ0v) is 9.42. The van der Waals surface area contributed by atoms with Gasteiger partial charge in [0.2, 0.25) is 0 Å². The van der Waals surface area contributed by atoms with Crippen LogP contribution in [-0.4, -0.2) is 11.2 Å². The molecule has 3 saturated carbocycles. The van der Waals surface area contributed by atoms with Gasteiger partial charge >= 0.3 is 0 Å². The molecule has 0 unspecified atom stereocenters. The summed E-state index contributed by atoms with van der Waals surface area (Å²) in [6, 6.07) is 0. The fourth-order valence-electron chi connectivity index (χ4n) is 5.20. The van der Waals surface area contributed by atoms with Crippen molar-refractivity contribution in [1.29, 1.82) is 0 Å². The van der Waals surface area contributed by atoms with E-state index >= 15 is 0 Å². The van der Waals surface area contributed by atoms with Crippen LogP contribution >= 0.6 is 0 Å². The average molecular weight is 194 g/mol. The van der Waals surface area contributed by atoms with Crippen molar-refractivity contribution in [2.24, 2.45) is 22.7 Å². The van der Waals surface area contributed by atoms with Gasteiger partial charge in [-0.2, -0.15) is 0 Å². The lowest BCUT2D eigenvalue weighted by molar-refractivity contribution is 0.00152. The van der Waals surface area contributed by atoms with E-state index in [2.05, 4.69) is 13.8 Å². The van der Waals surface area contributed by atoms with Crippen LogP contribution in [0.5, 0.6) is 0 Å². The summed E-state index contributed by atoms with van der Waals surface area (Å²) < 4.78 is 0. The number of hydrogen-bond donors (Lipinski definition) is 1. The van der Waals surface area contributed by atoms with E-state index in [0.29, 0.717) is 5.41 Å². The van der Waals surface area contributed by atoms with Gasteiger partial charge in [-0.15, -0.1) is 0 Å². The Kier molecular flexibility index (Phi) is 1.68. The van der Waals surface area contributed by atoms with E-state index in [1.165, 1.54) is 32.1 Å². The zero-order valence-electron chi connectivity index (χ0n) is 9.42. The van der Waals surface area contributed by atoms with E-state index in [9.17, 15) is 5.11 Å². The monoisotopic (exact) mass is 194 g/mol. The maximum atomic E-state index is 10.2. The van der Waals surface area contributed by atoms with Gasteiger partial charge in [0.15, 0.2) is 0 Å². The Bertz CT molecular complexity index is 258. The first kappa shape index (κ1) is 9.21. The van der Waals surface area contributed by atoms with E-state index in [0.717, 1.165) is 18.3 Å². The third kappa shape index (κ3) is 0.778. The topological polar surface area (TPSA) is 20.2 Å². The number of aliphatic hydroxyl groups excluding tert-OH is 1. The summed E-state index contributed by atoms with van der Waals surface area (Å²) in [5, 5.41) is 10.2. The number of rotatable bonds is 0. The molecule has 3 aliphatic carbocycles. The molecule has 0 aliphatic heterocycles. The van der Waals surface area contributed by atoms with Crippen molar-refractivity contribution >= 4 is 0 Å². The fourth-order valence-corrected chi connectivity index (χ4v) is 5.20. The average Bonchev–Trinajstić information content (AvgIpc) is 2.70. The molecule has 80 valence electrons. The number of aliphatic hydroxyl groups is 1. The van der Waals surface area contributed by atoms with Crippen LogP contribution in [0.4, 0.5) is 0 Å². The summed E-state index contributed by atoms with van der Waals surface area (Å²) in [7, 11) is 0. The third-order valence-corrected chi connectivity index (χ3v) is 6.15. The highest BCUT2D eigenvalue weighted by Crippen LogP contribution is 2.72. The van der Waals surface area contributed by atoms with Crippen molar-refractivity contribution in [3.8, 4) is 0 Å². The molecule has 0 aromatic carbocycles. The molecule has 3 aliphatic rings. The summed E-state index contributed by atoms with van der Waals surface area (Å²) >= 11 is 0. The lowest BCUT2D eigenvalue weighted by Crippen LogP contribution is -2.38. The quantitative estimate of drug-likeness (QED) is 0.628. The molecule has 3 rings (SSSR count). The summed E-state index contributed by atoms with van der Waals surface area (Å²) in [6.07, 6.45) is 7.84. The molecule has 0 bridgehead atoms. The SMILES string of the molecule is C[C@@H]1CC[C@@]23CC[C@@H](O)[C@]2(C)CC[C@@H]13. The molecule has 0 amide bonds.